The maximum Gasteiger partial charge on any atom is 0.289 e. The normalized spacial score (nSPS) is 22.3. The monoisotopic (exact) mass is 191 g/mol. The van der Waals surface area contributed by atoms with Crippen LogP contribution in [0.3, 0.4) is 0 Å². The molecule has 0 N–H and O–H groups in total. The first kappa shape index (κ1) is 9.33. The van der Waals surface area contributed by atoms with Crippen LogP contribution in [0.1, 0.15) is 10.6 Å². The third-order valence-corrected chi connectivity index (χ3v) is 2.11. The van der Waals surface area contributed by atoms with Crippen LogP contribution in [-0.2, 0) is 4.74 Å². The van der Waals surface area contributed by atoms with E-state index in [1.165, 1.54) is 6.26 Å². The van der Waals surface area contributed by atoms with Crippen molar-refractivity contribution in [3.8, 4) is 0 Å². The predicted molar refractivity (Wildman–Crippen MR) is 50.1 cm³/mol. The summed E-state index contributed by atoms with van der Waals surface area (Å²) in [7, 11) is 5.57. The molecule has 1 saturated heterocycles. The minimum atomic E-state index is -0.386. The van der Waals surface area contributed by atoms with Gasteiger partial charge < -0.3 is 14.1 Å². The van der Waals surface area contributed by atoms with Gasteiger partial charge in [0.1, 0.15) is 7.85 Å². The molecule has 1 atom stereocenters. The molecule has 0 aliphatic carbocycles. The Balaban J connectivity index is 2.04. The van der Waals surface area contributed by atoms with E-state index in [2.05, 4.69) is 0 Å². The highest BCUT2D eigenvalue weighted by Gasteiger charge is 2.23. The average molecular weight is 191 g/mol. The Morgan fingerprint density at radius 3 is 3.14 bits per heavy atom. The zero-order valence-corrected chi connectivity index (χ0v) is 7.68. The molecule has 0 aromatic carbocycles. The second kappa shape index (κ2) is 3.88. The topological polar surface area (TPSA) is 42.7 Å². The highest BCUT2D eigenvalue weighted by Crippen LogP contribution is 2.09. The molecule has 5 heteroatoms. The molecule has 1 unspecified atom stereocenters. The molecule has 2 rings (SSSR count). The first-order chi connectivity index (χ1) is 6.77. The van der Waals surface area contributed by atoms with Crippen molar-refractivity contribution in [3.05, 3.63) is 24.2 Å². The van der Waals surface area contributed by atoms with Crippen LogP contribution in [0.25, 0.3) is 0 Å². The summed E-state index contributed by atoms with van der Waals surface area (Å²) in [6.07, 6.45) is 1.48. The Bertz CT molecular complexity index is 312. The van der Waals surface area contributed by atoms with Crippen molar-refractivity contribution in [2.45, 2.75) is 6.00 Å². The number of carbonyl (C=O) groups excluding carboxylic acids is 1. The number of furan rings is 1. The summed E-state index contributed by atoms with van der Waals surface area (Å²) in [4.78, 5) is 13.4. The van der Waals surface area contributed by atoms with E-state index >= 15 is 0 Å². The summed E-state index contributed by atoms with van der Waals surface area (Å²) in [6.45, 7) is 1.46. The van der Waals surface area contributed by atoms with Gasteiger partial charge in [0.15, 0.2) is 5.76 Å². The second-order valence-electron chi connectivity index (χ2n) is 3.14. The third-order valence-electron chi connectivity index (χ3n) is 2.11. The van der Waals surface area contributed by atoms with E-state index in [4.69, 9.17) is 17.0 Å². The van der Waals surface area contributed by atoms with Gasteiger partial charge in [-0.15, -0.1) is 0 Å². The van der Waals surface area contributed by atoms with E-state index in [0.717, 1.165) is 0 Å². The van der Waals surface area contributed by atoms with Crippen LogP contribution in [0.5, 0.6) is 0 Å². The van der Waals surface area contributed by atoms with Crippen LogP contribution in [0.4, 0.5) is 0 Å². The second-order valence-corrected chi connectivity index (χ2v) is 3.14. The molecule has 1 aliphatic heterocycles. The van der Waals surface area contributed by atoms with Crippen molar-refractivity contribution < 1.29 is 13.9 Å². The van der Waals surface area contributed by atoms with Crippen LogP contribution >= 0.6 is 0 Å². The predicted octanol–water partition coefficient (Wildman–Crippen LogP) is 0.247. The van der Waals surface area contributed by atoms with E-state index in [-0.39, 0.29) is 11.9 Å². The maximum absolute atomic E-state index is 11.7. The van der Waals surface area contributed by atoms with Gasteiger partial charge in [0.2, 0.25) is 0 Å². The first-order valence-electron chi connectivity index (χ1n) is 4.47. The molecule has 0 spiro atoms. The van der Waals surface area contributed by atoms with Gasteiger partial charge in [-0.3, -0.25) is 4.79 Å². The number of nitrogens with zero attached hydrogens (tertiary/aromatic N) is 1. The van der Waals surface area contributed by atoms with Crippen molar-refractivity contribution in [1.82, 2.24) is 4.90 Å². The van der Waals surface area contributed by atoms with Crippen molar-refractivity contribution >= 4 is 13.8 Å². The molecule has 4 nitrogen and oxygen atoms in total. The molecule has 14 heavy (non-hydrogen) atoms. The van der Waals surface area contributed by atoms with Crippen LogP contribution in [0, 0.1) is 0 Å². The lowest BCUT2D eigenvalue weighted by Crippen LogP contribution is -2.45. The first-order valence-corrected chi connectivity index (χ1v) is 4.47. The molecular weight excluding hydrogens is 181 g/mol. The zero-order chi connectivity index (χ0) is 9.97. The minimum absolute atomic E-state index is 0.131. The maximum atomic E-state index is 11.7. The van der Waals surface area contributed by atoms with E-state index < -0.39 is 0 Å². The van der Waals surface area contributed by atoms with Gasteiger partial charge in [-0.1, -0.05) is 0 Å². The van der Waals surface area contributed by atoms with Crippen LogP contribution < -0.4 is 0 Å². The number of amides is 1. The van der Waals surface area contributed by atoms with E-state index in [0.29, 0.717) is 25.5 Å². The molecule has 1 aromatic rings. The Hall–Kier alpha value is -1.23. The Labute approximate surface area is 83.2 Å². The van der Waals surface area contributed by atoms with Gasteiger partial charge in [-0.25, -0.2) is 0 Å². The fraction of sp³-hybridized carbons (Fsp3) is 0.444. The highest BCUT2D eigenvalue weighted by molar-refractivity contribution is 6.11. The lowest BCUT2D eigenvalue weighted by Gasteiger charge is -2.30. The van der Waals surface area contributed by atoms with Gasteiger partial charge in [0.25, 0.3) is 5.91 Å². The molecule has 2 heterocycles. The number of rotatable bonds is 1. The van der Waals surface area contributed by atoms with Gasteiger partial charge in [0.05, 0.1) is 12.9 Å². The van der Waals surface area contributed by atoms with Crippen molar-refractivity contribution in [1.29, 1.82) is 0 Å². The molecular formula is C9H10BNO3. The van der Waals surface area contributed by atoms with Gasteiger partial charge in [0, 0.05) is 19.1 Å². The molecule has 2 radical (unpaired) electrons. The standard InChI is InChI=1S/C9H10BNO3/c10-8-6-11(3-5-14-8)9(12)7-2-1-4-13-7/h1-2,4,8H,3,5-6H2. The molecule has 0 bridgehead atoms. The quantitative estimate of drug-likeness (QED) is 0.597. The minimum Gasteiger partial charge on any atom is -0.459 e. The zero-order valence-electron chi connectivity index (χ0n) is 7.68. The number of hydrogen-bond donors (Lipinski definition) is 0. The lowest BCUT2D eigenvalue weighted by molar-refractivity contribution is 0.0122. The van der Waals surface area contributed by atoms with Crippen LogP contribution in [-0.4, -0.2) is 44.4 Å². The average Bonchev–Trinajstić information content (AvgIpc) is 2.69. The van der Waals surface area contributed by atoms with E-state index in [1.807, 2.05) is 0 Å². The molecule has 72 valence electrons. The van der Waals surface area contributed by atoms with Crippen molar-refractivity contribution in [3.63, 3.8) is 0 Å². The SMILES string of the molecule is [B]C1CN(C(=O)c2ccco2)CCO1. The van der Waals surface area contributed by atoms with E-state index in [9.17, 15) is 4.79 Å². The summed E-state index contributed by atoms with van der Waals surface area (Å²) < 4.78 is 10.1. The number of morpholine rings is 1. The highest BCUT2D eigenvalue weighted by atomic mass is 16.5. The van der Waals surface area contributed by atoms with Gasteiger partial charge >= 0.3 is 0 Å². The molecule has 1 aliphatic rings. The molecule has 1 fully saturated rings. The third kappa shape index (κ3) is 1.82. The fourth-order valence-corrected chi connectivity index (χ4v) is 1.42. The van der Waals surface area contributed by atoms with Gasteiger partial charge in [-0.05, 0) is 12.1 Å². The lowest BCUT2D eigenvalue weighted by atomic mass is 9.98. The number of hydrogen-bond acceptors (Lipinski definition) is 3. The van der Waals surface area contributed by atoms with Crippen molar-refractivity contribution in [2.75, 3.05) is 19.7 Å². The van der Waals surface area contributed by atoms with E-state index in [1.54, 1.807) is 17.0 Å². The smallest absolute Gasteiger partial charge is 0.289 e. The molecule has 0 saturated carbocycles. The summed E-state index contributed by atoms with van der Waals surface area (Å²) >= 11 is 0. The summed E-state index contributed by atoms with van der Waals surface area (Å²) in [5.74, 6) is 0.216. The van der Waals surface area contributed by atoms with Crippen LogP contribution in [0.2, 0.25) is 0 Å². The number of carbonyl (C=O) groups is 1. The summed E-state index contributed by atoms with van der Waals surface area (Å²) in [6, 6.07) is 2.94. The number of ether oxygens (including phenoxy) is 1. The molecule has 1 aromatic heterocycles. The summed E-state index contributed by atoms with van der Waals surface area (Å²) in [5.41, 5.74) is 0. The largest absolute Gasteiger partial charge is 0.459 e. The Morgan fingerprint density at radius 1 is 1.64 bits per heavy atom. The molecule has 1 amide bonds. The van der Waals surface area contributed by atoms with Crippen LogP contribution in [0.15, 0.2) is 22.8 Å². The Kier molecular flexibility index (Phi) is 2.59. The summed E-state index contributed by atoms with van der Waals surface area (Å²) in [5, 5.41) is 0. The van der Waals surface area contributed by atoms with Crippen molar-refractivity contribution in [2.24, 2.45) is 0 Å². The Morgan fingerprint density at radius 2 is 2.50 bits per heavy atom. The fourth-order valence-electron chi connectivity index (χ4n) is 1.42. The van der Waals surface area contributed by atoms with Gasteiger partial charge in [-0.2, -0.15) is 0 Å².